The van der Waals surface area contributed by atoms with Gasteiger partial charge in [0.2, 0.25) is 5.91 Å². The SMILES string of the molecule is CCOc1ccc(N(C)C(=O)C(C)CN)cc1F. The molecule has 0 heterocycles. The third kappa shape index (κ3) is 3.20. The first kappa shape index (κ1) is 14.4. The van der Waals surface area contributed by atoms with Crippen LogP contribution in [0, 0.1) is 11.7 Å². The highest BCUT2D eigenvalue weighted by Gasteiger charge is 2.18. The van der Waals surface area contributed by atoms with Crippen molar-refractivity contribution in [3.05, 3.63) is 24.0 Å². The Morgan fingerprint density at radius 2 is 2.22 bits per heavy atom. The second kappa shape index (κ2) is 6.35. The minimum Gasteiger partial charge on any atom is -0.491 e. The van der Waals surface area contributed by atoms with Gasteiger partial charge < -0.3 is 15.4 Å². The molecule has 0 bridgehead atoms. The predicted molar refractivity (Wildman–Crippen MR) is 69.2 cm³/mol. The van der Waals surface area contributed by atoms with E-state index in [9.17, 15) is 9.18 Å². The number of amides is 1. The zero-order valence-electron chi connectivity index (χ0n) is 10.9. The molecule has 0 aromatic heterocycles. The topological polar surface area (TPSA) is 55.6 Å². The van der Waals surface area contributed by atoms with E-state index in [2.05, 4.69) is 0 Å². The maximum absolute atomic E-state index is 13.7. The summed E-state index contributed by atoms with van der Waals surface area (Å²) in [5.41, 5.74) is 5.93. The molecule has 0 spiro atoms. The van der Waals surface area contributed by atoms with Crippen LogP contribution in [0.1, 0.15) is 13.8 Å². The lowest BCUT2D eigenvalue weighted by molar-refractivity contribution is -0.121. The molecule has 0 saturated heterocycles. The molecular formula is C13H19FN2O2. The highest BCUT2D eigenvalue weighted by atomic mass is 19.1. The molecule has 0 saturated carbocycles. The Morgan fingerprint density at radius 3 is 2.72 bits per heavy atom. The van der Waals surface area contributed by atoms with Crippen molar-refractivity contribution in [1.82, 2.24) is 0 Å². The summed E-state index contributed by atoms with van der Waals surface area (Å²) in [5, 5.41) is 0. The highest BCUT2D eigenvalue weighted by molar-refractivity contribution is 5.94. The first-order chi connectivity index (χ1) is 8.51. The standard InChI is InChI=1S/C13H19FN2O2/c1-4-18-12-6-5-10(7-11(12)14)16(3)13(17)9(2)8-15/h5-7,9H,4,8,15H2,1-3H3. The van der Waals surface area contributed by atoms with Crippen LogP contribution in [0.3, 0.4) is 0 Å². The number of nitrogens with zero attached hydrogens (tertiary/aromatic N) is 1. The quantitative estimate of drug-likeness (QED) is 0.871. The first-order valence-corrected chi connectivity index (χ1v) is 5.91. The van der Waals surface area contributed by atoms with Crippen LogP contribution in [-0.4, -0.2) is 26.1 Å². The molecular weight excluding hydrogens is 235 g/mol. The highest BCUT2D eigenvalue weighted by Crippen LogP contribution is 2.23. The lowest BCUT2D eigenvalue weighted by Crippen LogP contribution is -2.35. The number of anilines is 1. The van der Waals surface area contributed by atoms with Crippen molar-refractivity contribution in [2.45, 2.75) is 13.8 Å². The molecule has 0 aliphatic carbocycles. The Morgan fingerprint density at radius 1 is 1.56 bits per heavy atom. The molecule has 0 radical (unpaired) electrons. The number of carbonyl (C=O) groups excluding carboxylic acids is 1. The number of hydrogen-bond donors (Lipinski definition) is 1. The fourth-order valence-electron chi connectivity index (χ4n) is 1.53. The fourth-order valence-corrected chi connectivity index (χ4v) is 1.53. The van der Waals surface area contributed by atoms with E-state index in [1.165, 1.54) is 17.0 Å². The van der Waals surface area contributed by atoms with Gasteiger partial charge in [-0.25, -0.2) is 4.39 Å². The average Bonchev–Trinajstić information content (AvgIpc) is 2.38. The van der Waals surface area contributed by atoms with Crippen molar-refractivity contribution in [3.8, 4) is 5.75 Å². The van der Waals surface area contributed by atoms with E-state index in [1.807, 2.05) is 0 Å². The molecule has 100 valence electrons. The monoisotopic (exact) mass is 254 g/mol. The van der Waals surface area contributed by atoms with E-state index in [4.69, 9.17) is 10.5 Å². The van der Waals surface area contributed by atoms with Gasteiger partial charge in [-0.2, -0.15) is 0 Å². The summed E-state index contributed by atoms with van der Waals surface area (Å²) in [7, 11) is 1.60. The summed E-state index contributed by atoms with van der Waals surface area (Å²) < 4.78 is 18.8. The van der Waals surface area contributed by atoms with Crippen LogP contribution < -0.4 is 15.4 Å². The van der Waals surface area contributed by atoms with Gasteiger partial charge in [0, 0.05) is 31.3 Å². The van der Waals surface area contributed by atoms with Crippen LogP contribution >= 0.6 is 0 Å². The smallest absolute Gasteiger partial charge is 0.230 e. The second-order valence-electron chi connectivity index (χ2n) is 4.08. The van der Waals surface area contributed by atoms with Crippen molar-refractivity contribution < 1.29 is 13.9 Å². The summed E-state index contributed by atoms with van der Waals surface area (Å²) in [6.45, 7) is 4.19. The van der Waals surface area contributed by atoms with E-state index < -0.39 is 5.82 Å². The van der Waals surface area contributed by atoms with E-state index in [0.29, 0.717) is 12.3 Å². The molecule has 4 nitrogen and oxygen atoms in total. The molecule has 2 N–H and O–H groups in total. The molecule has 1 unspecified atom stereocenters. The number of carbonyl (C=O) groups is 1. The van der Waals surface area contributed by atoms with E-state index in [-0.39, 0.29) is 24.1 Å². The molecule has 1 aromatic rings. The van der Waals surface area contributed by atoms with Gasteiger partial charge in [-0.3, -0.25) is 4.79 Å². The Balaban J connectivity index is 2.90. The zero-order chi connectivity index (χ0) is 13.7. The van der Waals surface area contributed by atoms with Gasteiger partial charge >= 0.3 is 0 Å². The Labute approximate surface area is 107 Å². The molecule has 0 aliphatic rings. The lowest BCUT2D eigenvalue weighted by atomic mass is 10.1. The summed E-state index contributed by atoms with van der Waals surface area (Å²) in [5.74, 6) is -0.714. The molecule has 18 heavy (non-hydrogen) atoms. The van der Waals surface area contributed by atoms with Crippen molar-refractivity contribution in [2.75, 3.05) is 25.1 Å². The molecule has 1 rings (SSSR count). The largest absolute Gasteiger partial charge is 0.491 e. The number of benzene rings is 1. The lowest BCUT2D eigenvalue weighted by Gasteiger charge is -2.21. The molecule has 0 aliphatic heterocycles. The Kier molecular flexibility index (Phi) is 5.09. The minimum absolute atomic E-state index is 0.138. The van der Waals surface area contributed by atoms with Crippen molar-refractivity contribution in [3.63, 3.8) is 0 Å². The summed E-state index contributed by atoms with van der Waals surface area (Å²) in [6.07, 6.45) is 0. The van der Waals surface area contributed by atoms with Crippen LogP contribution in [0.25, 0.3) is 0 Å². The molecule has 1 amide bonds. The summed E-state index contributed by atoms with van der Waals surface area (Å²) >= 11 is 0. The Hall–Kier alpha value is -1.62. The summed E-state index contributed by atoms with van der Waals surface area (Å²) in [4.78, 5) is 13.3. The van der Waals surface area contributed by atoms with Gasteiger partial charge in [0.15, 0.2) is 11.6 Å². The van der Waals surface area contributed by atoms with E-state index in [0.717, 1.165) is 0 Å². The predicted octanol–water partition coefficient (Wildman–Crippen LogP) is 1.78. The van der Waals surface area contributed by atoms with Crippen LogP contribution in [0.4, 0.5) is 10.1 Å². The van der Waals surface area contributed by atoms with Gasteiger partial charge in [0.05, 0.1) is 6.61 Å². The second-order valence-corrected chi connectivity index (χ2v) is 4.08. The van der Waals surface area contributed by atoms with Crippen molar-refractivity contribution >= 4 is 11.6 Å². The normalized spacial score (nSPS) is 12.1. The average molecular weight is 254 g/mol. The third-order valence-electron chi connectivity index (χ3n) is 2.71. The third-order valence-corrected chi connectivity index (χ3v) is 2.71. The van der Waals surface area contributed by atoms with Gasteiger partial charge in [0.1, 0.15) is 0 Å². The minimum atomic E-state index is -0.477. The van der Waals surface area contributed by atoms with Gasteiger partial charge in [0.25, 0.3) is 0 Å². The number of halogens is 1. The van der Waals surface area contributed by atoms with Crippen LogP contribution in [0.15, 0.2) is 18.2 Å². The van der Waals surface area contributed by atoms with Gasteiger partial charge in [-0.15, -0.1) is 0 Å². The number of nitrogens with two attached hydrogens (primary N) is 1. The van der Waals surface area contributed by atoms with Crippen LogP contribution in [0.5, 0.6) is 5.75 Å². The number of ether oxygens (including phenoxy) is 1. The van der Waals surface area contributed by atoms with Crippen molar-refractivity contribution in [2.24, 2.45) is 11.7 Å². The molecule has 1 atom stereocenters. The number of hydrogen-bond acceptors (Lipinski definition) is 3. The molecule has 1 aromatic carbocycles. The van der Waals surface area contributed by atoms with Gasteiger partial charge in [-0.1, -0.05) is 6.92 Å². The number of rotatable bonds is 5. The summed E-state index contributed by atoms with van der Waals surface area (Å²) in [6, 6.07) is 4.45. The van der Waals surface area contributed by atoms with Crippen molar-refractivity contribution in [1.29, 1.82) is 0 Å². The molecule has 5 heteroatoms. The van der Waals surface area contributed by atoms with Crippen LogP contribution in [-0.2, 0) is 4.79 Å². The zero-order valence-corrected chi connectivity index (χ0v) is 10.9. The fraction of sp³-hybridized carbons (Fsp3) is 0.462. The first-order valence-electron chi connectivity index (χ1n) is 5.91. The molecule has 0 fully saturated rings. The Bertz CT molecular complexity index is 423. The van der Waals surface area contributed by atoms with E-state index >= 15 is 0 Å². The van der Waals surface area contributed by atoms with Crippen LogP contribution in [0.2, 0.25) is 0 Å². The van der Waals surface area contributed by atoms with Gasteiger partial charge in [-0.05, 0) is 19.1 Å². The van der Waals surface area contributed by atoms with E-state index in [1.54, 1.807) is 27.0 Å². The maximum atomic E-state index is 13.7. The maximum Gasteiger partial charge on any atom is 0.230 e.